The summed E-state index contributed by atoms with van der Waals surface area (Å²) in [4.78, 5) is 12.0. The summed E-state index contributed by atoms with van der Waals surface area (Å²) in [6.07, 6.45) is 2.05. The molecular weight excluding hydrogens is 248 g/mol. The summed E-state index contributed by atoms with van der Waals surface area (Å²) in [6, 6.07) is 5.07. The lowest BCUT2D eigenvalue weighted by Gasteiger charge is -2.12. The van der Waals surface area contributed by atoms with Crippen LogP contribution in [-0.2, 0) is 0 Å². The summed E-state index contributed by atoms with van der Waals surface area (Å²) < 4.78 is 5.09. The van der Waals surface area contributed by atoms with E-state index in [0.29, 0.717) is 29.5 Å². The molecule has 1 rings (SSSR count). The minimum Gasteiger partial charge on any atom is -0.497 e. The molecule has 0 aliphatic heterocycles. The van der Waals surface area contributed by atoms with E-state index in [9.17, 15) is 4.79 Å². The molecule has 0 saturated carbocycles. The van der Waals surface area contributed by atoms with Crippen molar-refractivity contribution in [3.8, 4) is 5.75 Å². The van der Waals surface area contributed by atoms with Crippen LogP contribution in [0.3, 0.4) is 0 Å². The number of benzene rings is 1. The fourth-order valence-corrected chi connectivity index (χ4v) is 2.25. The van der Waals surface area contributed by atoms with Crippen LogP contribution in [-0.4, -0.2) is 31.6 Å². The second kappa shape index (κ2) is 7.16. The summed E-state index contributed by atoms with van der Waals surface area (Å²) in [6.45, 7) is 2.75. The van der Waals surface area contributed by atoms with Gasteiger partial charge in [-0.2, -0.15) is 11.8 Å². The quantitative estimate of drug-likeness (QED) is 0.775. The van der Waals surface area contributed by atoms with Crippen LogP contribution in [0.5, 0.6) is 5.75 Å². The molecule has 0 bridgehead atoms. The van der Waals surface area contributed by atoms with E-state index in [2.05, 4.69) is 18.5 Å². The Hall–Kier alpha value is -1.36. The van der Waals surface area contributed by atoms with Crippen molar-refractivity contribution in [2.75, 3.05) is 31.4 Å². The minimum absolute atomic E-state index is 0.153. The zero-order valence-electron chi connectivity index (χ0n) is 11.0. The van der Waals surface area contributed by atoms with Crippen molar-refractivity contribution in [1.29, 1.82) is 0 Å². The Kier molecular flexibility index (Phi) is 5.85. The second-order valence-electron chi connectivity index (χ2n) is 4.22. The van der Waals surface area contributed by atoms with Gasteiger partial charge in [0, 0.05) is 12.2 Å². The lowest BCUT2D eigenvalue weighted by molar-refractivity contribution is 0.0950. The maximum Gasteiger partial charge on any atom is 0.253 e. The van der Waals surface area contributed by atoms with Crippen molar-refractivity contribution < 1.29 is 9.53 Å². The van der Waals surface area contributed by atoms with Gasteiger partial charge in [0.2, 0.25) is 0 Å². The fraction of sp³-hybridized carbons (Fsp3) is 0.462. The number of hydrogen-bond donors (Lipinski definition) is 2. The van der Waals surface area contributed by atoms with Gasteiger partial charge in [0.15, 0.2) is 0 Å². The van der Waals surface area contributed by atoms with Crippen LogP contribution in [0.2, 0.25) is 0 Å². The first-order valence-electron chi connectivity index (χ1n) is 5.79. The highest BCUT2D eigenvalue weighted by Gasteiger charge is 2.11. The van der Waals surface area contributed by atoms with Crippen LogP contribution < -0.4 is 15.8 Å². The molecule has 0 saturated heterocycles. The molecule has 0 aliphatic carbocycles. The summed E-state index contributed by atoms with van der Waals surface area (Å²) in [5.74, 6) is 1.94. The van der Waals surface area contributed by atoms with Crippen LogP contribution in [0.1, 0.15) is 17.3 Å². The number of ether oxygens (including phenoxy) is 1. The number of carbonyl (C=O) groups is 1. The predicted molar refractivity (Wildman–Crippen MR) is 77.3 cm³/mol. The van der Waals surface area contributed by atoms with E-state index in [1.54, 1.807) is 37.1 Å². The normalized spacial score (nSPS) is 11.9. The molecule has 1 aromatic carbocycles. The van der Waals surface area contributed by atoms with Gasteiger partial charge in [-0.25, -0.2) is 0 Å². The first-order chi connectivity index (χ1) is 8.58. The Labute approximate surface area is 112 Å². The number of hydrogen-bond acceptors (Lipinski definition) is 4. The van der Waals surface area contributed by atoms with E-state index < -0.39 is 0 Å². The van der Waals surface area contributed by atoms with Crippen LogP contribution in [0.4, 0.5) is 5.69 Å². The molecule has 0 spiro atoms. The fourth-order valence-electron chi connectivity index (χ4n) is 1.56. The monoisotopic (exact) mass is 268 g/mol. The molecule has 0 radical (unpaired) electrons. The third kappa shape index (κ3) is 4.14. The van der Waals surface area contributed by atoms with Gasteiger partial charge in [0.25, 0.3) is 5.91 Å². The zero-order chi connectivity index (χ0) is 13.5. The van der Waals surface area contributed by atoms with Crippen LogP contribution in [0.15, 0.2) is 18.2 Å². The van der Waals surface area contributed by atoms with Gasteiger partial charge < -0.3 is 15.8 Å². The minimum atomic E-state index is -0.153. The molecule has 0 aromatic heterocycles. The lowest BCUT2D eigenvalue weighted by Crippen LogP contribution is -2.29. The molecule has 4 nitrogen and oxygen atoms in total. The number of carbonyl (C=O) groups excluding carboxylic acids is 1. The largest absolute Gasteiger partial charge is 0.497 e. The lowest BCUT2D eigenvalue weighted by atomic mass is 10.1. The third-order valence-electron chi connectivity index (χ3n) is 2.57. The number of nitrogens with two attached hydrogens (primary N) is 1. The topological polar surface area (TPSA) is 64.3 Å². The molecule has 3 N–H and O–H groups in total. The number of methoxy groups -OCH3 is 1. The van der Waals surface area contributed by atoms with Crippen LogP contribution in [0.25, 0.3) is 0 Å². The molecule has 5 heteroatoms. The molecule has 1 aromatic rings. The highest BCUT2D eigenvalue weighted by Crippen LogP contribution is 2.19. The first kappa shape index (κ1) is 14.7. The summed E-state index contributed by atoms with van der Waals surface area (Å²) in [5.41, 5.74) is 6.72. The van der Waals surface area contributed by atoms with Gasteiger partial charge in [-0.3, -0.25) is 4.79 Å². The summed E-state index contributed by atoms with van der Waals surface area (Å²) >= 11 is 1.77. The molecular formula is C13H20N2O2S. The summed E-state index contributed by atoms with van der Waals surface area (Å²) in [7, 11) is 1.56. The highest BCUT2D eigenvalue weighted by atomic mass is 32.2. The van der Waals surface area contributed by atoms with Crippen molar-refractivity contribution in [2.45, 2.75) is 6.92 Å². The number of amides is 1. The predicted octanol–water partition coefficient (Wildman–Crippen LogP) is 2.01. The van der Waals surface area contributed by atoms with Gasteiger partial charge >= 0.3 is 0 Å². The van der Waals surface area contributed by atoms with Crippen molar-refractivity contribution >= 4 is 23.4 Å². The Morgan fingerprint density at radius 3 is 2.89 bits per heavy atom. The van der Waals surface area contributed by atoms with Crippen molar-refractivity contribution in [1.82, 2.24) is 5.32 Å². The molecule has 1 amide bonds. The van der Waals surface area contributed by atoms with Crippen molar-refractivity contribution in [2.24, 2.45) is 5.92 Å². The molecule has 0 aliphatic rings. The van der Waals surface area contributed by atoms with Crippen molar-refractivity contribution in [3.05, 3.63) is 23.8 Å². The molecule has 18 heavy (non-hydrogen) atoms. The van der Waals surface area contributed by atoms with Gasteiger partial charge in [0.05, 0.1) is 12.7 Å². The Balaban J connectivity index is 2.66. The highest BCUT2D eigenvalue weighted by molar-refractivity contribution is 7.98. The van der Waals surface area contributed by atoms with E-state index >= 15 is 0 Å². The van der Waals surface area contributed by atoms with E-state index in [4.69, 9.17) is 10.5 Å². The van der Waals surface area contributed by atoms with E-state index in [1.807, 2.05) is 0 Å². The number of nitrogens with one attached hydrogen (secondary N) is 1. The molecule has 0 heterocycles. The molecule has 0 fully saturated rings. The first-order valence-corrected chi connectivity index (χ1v) is 7.18. The van der Waals surface area contributed by atoms with E-state index in [1.165, 1.54) is 0 Å². The molecule has 100 valence electrons. The second-order valence-corrected chi connectivity index (χ2v) is 5.13. The van der Waals surface area contributed by atoms with Crippen LogP contribution in [0, 0.1) is 5.92 Å². The van der Waals surface area contributed by atoms with E-state index in [-0.39, 0.29) is 5.91 Å². The number of nitrogen functional groups attached to an aromatic ring is 1. The number of rotatable bonds is 6. The zero-order valence-corrected chi connectivity index (χ0v) is 11.8. The number of thioether (sulfide) groups is 1. The van der Waals surface area contributed by atoms with Crippen molar-refractivity contribution in [3.63, 3.8) is 0 Å². The summed E-state index contributed by atoms with van der Waals surface area (Å²) in [5, 5.41) is 2.89. The Morgan fingerprint density at radius 1 is 1.56 bits per heavy atom. The molecule has 1 unspecified atom stereocenters. The van der Waals surface area contributed by atoms with Gasteiger partial charge in [0.1, 0.15) is 5.75 Å². The Morgan fingerprint density at radius 2 is 2.28 bits per heavy atom. The average Bonchev–Trinajstić information content (AvgIpc) is 2.37. The van der Waals surface area contributed by atoms with Gasteiger partial charge in [-0.05, 0) is 36.1 Å². The Bertz CT molecular complexity index is 410. The SMILES string of the molecule is COc1ccc(N)c(C(=O)NCC(C)CSC)c1. The maximum atomic E-state index is 12.0. The third-order valence-corrected chi connectivity index (χ3v) is 3.47. The number of anilines is 1. The van der Waals surface area contributed by atoms with Gasteiger partial charge in [-0.15, -0.1) is 0 Å². The smallest absolute Gasteiger partial charge is 0.253 e. The average molecular weight is 268 g/mol. The maximum absolute atomic E-state index is 12.0. The van der Waals surface area contributed by atoms with Gasteiger partial charge in [-0.1, -0.05) is 6.92 Å². The molecule has 1 atom stereocenters. The van der Waals surface area contributed by atoms with Crippen LogP contribution >= 0.6 is 11.8 Å². The standard InChI is InChI=1S/C13H20N2O2S/c1-9(8-18-3)7-15-13(16)11-6-10(17-2)4-5-12(11)14/h4-6,9H,7-8,14H2,1-3H3,(H,15,16). The van der Waals surface area contributed by atoms with E-state index in [0.717, 1.165) is 5.75 Å².